The van der Waals surface area contributed by atoms with Gasteiger partial charge in [-0.1, -0.05) is 130 Å². The summed E-state index contributed by atoms with van der Waals surface area (Å²) in [4.78, 5) is 24.1. The smallest absolute Gasteiger partial charge is 0.407 e. The monoisotopic (exact) mass is 689 g/mol. The lowest BCUT2D eigenvalue weighted by atomic mass is 9.97. The number of aliphatic carboxylic acids is 1. The molecule has 0 bridgehead atoms. The minimum absolute atomic E-state index is 0.0715. The Kier molecular flexibility index (Phi) is 23.4. The molecule has 0 spiro atoms. The van der Waals surface area contributed by atoms with Crippen molar-refractivity contribution in [1.29, 1.82) is 0 Å². The zero-order valence-corrected chi connectivity index (χ0v) is 32.1. The van der Waals surface area contributed by atoms with Crippen molar-refractivity contribution in [2.75, 3.05) is 27.4 Å². The number of carbonyl (C=O) groups is 2. The summed E-state index contributed by atoms with van der Waals surface area (Å²) in [5.74, 6) is 0.389. The Morgan fingerprint density at radius 1 is 0.680 bits per heavy atom. The summed E-state index contributed by atoms with van der Waals surface area (Å²) >= 11 is 0. The molecule has 50 heavy (non-hydrogen) atoms. The summed E-state index contributed by atoms with van der Waals surface area (Å²) < 4.78 is 22.0. The highest BCUT2D eigenvalue weighted by atomic mass is 16.5. The van der Waals surface area contributed by atoms with E-state index >= 15 is 0 Å². The van der Waals surface area contributed by atoms with E-state index in [0.717, 1.165) is 27.8 Å². The third-order valence-electron chi connectivity index (χ3n) is 6.93. The van der Waals surface area contributed by atoms with Gasteiger partial charge in [-0.05, 0) is 52.1 Å². The number of ether oxygens (including phenoxy) is 4. The number of carbonyl (C=O) groups excluding carboxylic acids is 1. The standard InChI is InChI=1S/C32H29NO7.5C2H6/c1-37-22-15-16-27(29(17-22)38-2)31(20-11-13-21(14-12-20)39-19-30(34)35)33-32(36)40-18-28-25-9-5-3-7-23(25)24-8-4-6-10-26(24)28;5*1-2/h3-17,28,31H,18-19H2,1-2H3,(H,33,36)(H,34,35);5*1-2H3. The summed E-state index contributed by atoms with van der Waals surface area (Å²) in [6.45, 7) is 19.7. The summed E-state index contributed by atoms with van der Waals surface area (Å²) in [6.07, 6.45) is -0.587. The SMILES string of the molecule is CC.CC.CC.CC.CC.COc1ccc(C(NC(=O)OCC2c3ccccc3-c3ccccc32)c2ccc(OCC(=O)O)cc2)c(OC)c1. The van der Waals surface area contributed by atoms with E-state index in [-0.39, 0.29) is 12.5 Å². The van der Waals surface area contributed by atoms with Crippen LogP contribution in [0.5, 0.6) is 17.2 Å². The highest BCUT2D eigenvalue weighted by molar-refractivity contribution is 5.79. The van der Waals surface area contributed by atoms with Crippen molar-refractivity contribution in [3.05, 3.63) is 113 Å². The molecule has 2 N–H and O–H groups in total. The first-order valence-corrected chi connectivity index (χ1v) is 17.8. The van der Waals surface area contributed by atoms with Gasteiger partial charge in [0.2, 0.25) is 0 Å². The molecule has 0 saturated carbocycles. The van der Waals surface area contributed by atoms with Gasteiger partial charge in [-0.3, -0.25) is 0 Å². The van der Waals surface area contributed by atoms with Crippen molar-refractivity contribution in [1.82, 2.24) is 5.32 Å². The third-order valence-corrected chi connectivity index (χ3v) is 6.93. The lowest BCUT2D eigenvalue weighted by Crippen LogP contribution is -2.31. The van der Waals surface area contributed by atoms with Crippen LogP contribution in [0.15, 0.2) is 91.0 Å². The molecular weight excluding hydrogens is 630 g/mol. The van der Waals surface area contributed by atoms with Gasteiger partial charge < -0.3 is 29.4 Å². The van der Waals surface area contributed by atoms with Crippen LogP contribution in [0.2, 0.25) is 0 Å². The van der Waals surface area contributed by atoms with E-state index in [0.29, 0.717) is 22.8 Å². The molecule has 1 aliphatic carbocycles. The highest BCUT2D eigenvalue weighted by Gasteiger charge is 2.30. The van der Waals surface area contributed by atoms with Gasteiger partial charge in [-0.2, -0.15) is 0 Å². The molecule has 1 atom stereocenters. The first-order chi connectivity index (χ1) is 24.5. The Morgan fingerprint density at radius 3 is 1.66 bits per heavy atom. The molecule has 4 aromatic rings. The molecule has 8 heteroatoms. The van der Waals surface area contributed by atoms with Gasteiger partial charge in [0.1, 0.15) is 23.9 Å². The Morgan fingerprint density at radius 2 is 1.18 bits per heavy atom. The van der Waals surface area contributed by atoms with Gasteiger partial charge in [0, 0.05) is 17.5 Å². The fourth-order valence-electron chi connectivity index (χ4n) is 5.06. The van der Waals surface area contributed by atoms with E-state index in [1.165, 1.54) is 0 Å². The quantitative estimate of drug-likeness (QED) is 0.171. The maximum Gasteiger partial charge on any atom is 0.407 e. The second-order valence-corrected chi connectivity index (χ2v) is 9.26. The first-order valence-electron chi connectivity index (χ1n) is 17.8. The number of nitrogens with one attached hydrogen (secondary N) is 1. The van der Waals surface area contributed by atoms with E-state index < -0.39 is 24.7 Å². The van der Waals surface area contributed by atoms with Crippen molar-refractivity contribution in [3.63, 3.8) is 0 Å². The first kappa shape index (κ1) is 45.0. The zero-order chi connectivity index (χ0) is 38.1. The van der Waals surface area contributed by atoms with Gasteiger partial charge in [0.25, 0.3) is 0 Å². The van der Waals surface area contributed by atoms with Crippen LogP contribution in [-0.2, 0) is 9.53 Å². The van der Waals surface area contributed by atoms with E-state index in [2.05, 4.69) is 29.6 Å². The molecule has 4 aromatic carbocycles. The molecule has 8 nitrogen and oxygen atoms in total. The van der Waals surface area contributed by atoms with Crippen molar-refractivity contribution < 1.29 is 33.6 Å². The van der Waals surface area contributed by atoms with Crippen LogP contribution in [0, 0.1) is 0 Å². The normalized spacial score (nSPS) is 10.6. The molecular formula is C42H59NO7. The van der Waals surface area contributed by atoms with E-state index in [4.69, 9.17) is 24.1 Å². The van der Waals surface area contributed by atoms with Gasteiger partial charge >= 0.3 is 12.1 Å². The number of fused-ring (bicyclic) bond motifs is 3. The molecule has 1 aliphatic rings. The molecule has 274 valence electrons. The van der Waals surface area contributed by atoms with Crippen molar-refractivity contribution >= 4 is 12.1 Å². The Balaban J connectivity index is 0.00000221. The van der Waals surface area contributed by atoms with Gasteiger partial charge in [-0.25, -0.2) is 9.59 Å². The largest absolute Gasteiger partial charge is 0.497 e. The predicted molar refractivity (Wildman–Crippen MR) is 206 cm³/mol. The van der Waals surface area contributed by atoms with E-state index in [1.807, 2.05) is 99.6 Å². The number of hydrogen-bond acceptors (Lipinski definition) is 6. The molecule has 1 amide bonds. The number of alkyl carbamates (subject to hydrolysis) is 1. The van der Waals surface area contributed by atoms with Gasteiger partial charge in [0.05, 0.1) is 20.3 Å². The maximum absolute atomic E-state index is 13.3. The van der Waals surface area contributed by atoms with Crippen molar-refractivity contribution in [3.8, 4) is 28.4 Å². The number of amides is 1. The average Bonchev–Trinajstić information content (AvgIpc) is 3.52. The summed E-state index contributed by atoms with van der Waals surface area (Å²) in [5, 5.41) is 11.9. The lowest BCUT2D eigenvalue weighted by molar-refractivity contribution is -0.139. The Labute approximate surface area is 300 Å². The molecule has 5 rings (SSSR count). The predicted octanol–water partition coefficient (Wildman–Crippen LogP) is 10.9. The number of carboxylic acid groups (broad SMARTS) is 1. The fraction of sp³-hybridized carbons (Fsp3) is 0.381. The second-order valence-electron chi connectivity index (χ2n) is 9.26. The molecule has 0 aromatic heterocycles. The maximum atomic E-state index is 13.3. The minimum Gasteiger partial charge on any atom is -0.497 e. The van der Waals surface area contributed by atoms with Crippen LogP contribution in [0.25, 0.3) is 11.1 Å². The summed E-state index contributed by atoms with van der Waals surface area (Å²) in [5.41, 5.74) is 5.97. The molecule has 0 fully saturated rings. The Bertz CT molecular complexity index is 1470. The number of hydrogen-bond donors (Lipinski definition) is 2. The summed E-state index contributed by atoms with van der Waals surface area (Å²) in [7, 11) is 3.11. The minimum atomic E-state index is -1.07. The second kappa shape index (κ2) is 26.0. The van der Waals surface area contributed by atoms with Crippen molar-refractivity contribution in [2.45, 2.75) is 81.2 Å². The third kappa shape index (κ3) is 12.5. The van der Waals surface area contributed by atoms with Crippen LogP contribution in [-0.4, -0.2) is 44.6 Å². The van der Waals surface area contributed by atoms with Gasteiger partial charge in [-0.15, -0.1) is 0 Å². The fourth-order valence-corrected chi connectivity index (χ4v) is 5.06. The topological polar surface area (TPSA) is 103 Å². The number of methoxy groups -OCH3 is 2. The molecule has 1 unspecified atom stereocenters. The number of carboxylic acids is 1. The number of rotatable bonds is 10. The molecule has 0 aliphatic heterocycles. The van der Waals surface area contributed by atoms with Gasteiger partial charge in [0.15, 0.2) is 6.61 Å². The van der Waals surface area contributed by atoms with E-state index in [9.17, 15) is 9.59 Å². The molecule has 0 radical (unpaired) electrons. The van der Waals surface area contributed by atoms with Crippen LogP contribution >= 0.6 is 0 Å². The van der Waals surface area contributed by atoms with Crippen LogP contribution in [0.4, 0.5) is 4.79 Å². The Hall–Kier alpha value is -4.98. The zero-order valence-electron chi connectivity index (χ0n) is 32.1. The van der Waals surface area contributed by atoms with E-state index in [1.54, 1.807) is 50.6 Å². The molecule has 0 saturated heterocycles. The number of benzene rings is 4. The highest BCUT2D eigenvalue weighted by Crippen LogP contribution is 2.44. The lowest BCUT2D eigenvalue weighted by Gasteiger charge is -2.23. The van der Waals surface area contributed by atoms with Crippen LogP contribution < -0.4 is 19.5 Å². The summed E-state index contributed by atoms with van der Waals surface area (Å²) in [6, 6.07) is 27.9. The molecule has 0 heterocycles. The van der Waals surface area contributed by atoms with Crippen molar-refractivity contribution in [2.24, 2.45) is 0 Å². The van der Waals surface area contributed by atoms with Crippen LogP contribution in [0.3, 0.4) is 0 Å². The average molecular weight is 690 g/mol. The van der Waals surface area contributed by atoms with Crippen LogP contribution in [0.1, 0.15) is 103 Å².